The van der Waals surface area contributed by atoms with E-state index in [1.807, 2.05) is 6.07 Å². The lowest BCUT2D eigenvalue weighted by Crippen LogP contribution is -2.35. The van der Waals surface area contributed by atoms with Gasteiger partial charge in [0.25, 0.3) is 0 Å². The molecule has 84 valence electrons. The molecular weight excluding hydrogens is 218 g/mol. The van der Waals surface area contributed by atoms with Crippen LogP contribution in [0, 0.1) is 6.92 Å². The summed E-state index contributed by atoms with van der Waals surface area (Å²) in [5, 5.41) is 8.94. The number of nitrogens with zero attached hydrogens (tertiary/aromatic N) is 1. The molecule has 1 aromatic heterocycles. The molecule has 16 heavy (non-hydrogen) atoms. The molecule has 0 unspecified atom stereocenters. The van der Waals surface area contributed by atoms with Crippen LogP contribution in [0.5, 0.6) is 0 Å². The second kappa shape index (κ2) is 5.23. The first-order valence-corrected chi connectivity index (χ1v) is 6.30. The zero-order valence-corrected chi connectivity index (χ0v) is 10.2. The highest BCUT2D eigenvalue weighted by molar-refractivity contribution is 7.09. The minimum Gasteiger partial charge on any atom is -0.396 e. The van der Waals surface area contributed by atoms with Gasteiger partial charge >= 0.3 is 0 Å². The van der Waals surface area contributed by atoms with Crippen LogP contribution < -0.4 is 4.57 Å². The minimum atomic E-state index is 0.229. The zero-order chi connectivity index (χ0) is 11.4. The maximum absolute atomic E-state index is 8.94. The van der Waals surface area contributed by atoms with E-state index in [0.717, 1.165) is 13.0 Å². The Morgan fingerprint density at radius 1 is 1.25 bits per heavy atom. The van der Waals surface area contributed by atoms with Crippen LogP contribution >= 0.6 is 11.3 Å². The summed E-state index contributed by atoms with van der Waals surface area (Å²) in [5.74, 6) is 0. The fourth-order valence-corrected chi connectivity index (χ4v) is 2.71. The number of aliphatic hydroxyl groups is 1. The van der Waals surface area contributed by atoms with Gasteiger partial charge in [0.2, 0.25) is 5.51 Å². The summed E-state index contributed by atoms with van der Waals surface area (Å²) in [4.78, 5) is 1.28. The van der Waals surface area contributed by atoms with Crippen LogP contribution in [0.15, 0.2) is 35.8 Å². The molecule has 3 heteroatoms. The van der Waals surface area contributed by atoms with Crippen molar-refractivity contribution in [2.75, 3.05) is 6.61 Å². The number of aliphatic hydroxyl groups excluding tert-OH is 1. The maximum Gasteiger partial charge on any atom is 0.225 e. The first-order chi connectivity index (χ1) is 7.81. The summed E-state index contributed by atoms with van der Waals surface area (Å²) >= 11 is 1.72. The number of hydrogen-bond acceptors (Lipinski definition) is 2. The largest absolute Gasteiger partial charge is 0.396 e. The van der Waals surface area contributed by atoms with Gasteiger partial charge < -0.3 is 5.11 Å². The third kappa shape index (κ3) is 2.49. The number of aromatic nitrogens is 1. The highest BCUT2D eigenvalue weighted by atomic mass is 32.1. The van der Waals surface area contributed by atoms with Crippen molar-refractivity contribution in [3.8, 4) is 0 Å². The molecule has 0 spiro atoms. The summed E-state index contributed by atoms with van der Waals surface area (Å²) in [5.41, 5.74) is 4.71. The van der Waals surface area contributed by atoms with E-state index in [-0.39, 0.29) is 6.61 Å². The average molecular weight is 234 g/mol. The van der Waals surface area contributed by atoms with E-state index < -0.39 is 0 Å². The monoisotopic (exact) mass is 234 g/mol. The van der Waals surface area contributed by atoms with Crippen LogP contribution in [0.1, 0.15) is 16.1 Å². The number of benzene rings is 1. The van der Waals surface area contributed by atoms with Crippen molar-refractivity contribution in [3.05, 3.63) is 52.0 Å². The molecule has 2 rings (SSSR count). The Morgan fingerprint density at radius 2 is 2.00 bits per heavy atom. The number of rotatable bonds is 4. The van der Waals surface area contributed by atoms with Crippen LogP contribution in [0.25, 0.3) is 0 Å². The van der Waals surface area contributed by atoms with E-state index in [0.29, 0.717) is 0 Å². The van der Waals surface area contributed by atoms with Crippen LogP contribution in [0.4, 0.5) is 0 Å². The van der Waals surface area contributed by atoms with Crippen molar-refractivity contribution in [3.63, 3.8) is 0 Å². The van der Waals surface area contributed by atoms with E-state index in [1.54, 1.807) is 11.3 Å². The quantitative estimate of drug-likeness (QED) is 0.803. The Kier molecular flexibility index (Phi) is 3.70. The van der Waals surface area contributed by atoms with Gasteiger partial charge in [0.05, 0.1) is 4.88 Å². The molecule has 0 aliphatic carbocycles. The number of hydrogen-bond donors (Lipinski definition) is 1. The smallest absolute Gasteiger partial charge is 0.225 e. The number of thiazole rings is 1. The van der Waals surface area contributed by atoms with Gasteiger partial charge in [-0.3, -0.25) is 0 Å². The average Bonchev–Trinajstić information content (AvgIpc) is 2.64. The summed E-state index contributed by atoms with van der Waals surface area (Å²) in [6, 6.07) is 10.4. The third-order valence-corrected chi connectivity index (χ3v) is 3.84. The van der Waals surface area contributed by atoms with E-state index in [9.17, 15) is 0 Å². The summed E-state index contributed by atoms with van der Waals surface area (Å²) in [6.07, 6.45) is 0.762. The highest BCUT2D eigenvalue weighted by Crippen LogP contribution is 2.12. The van der Waals surface area contributed by atoms with E-state index in [1.165, 1.54) is 16.1 Å². The fourth-order valence-electron chi connectivity index (χ4n) is 1.73. The van der Waals surface area contributed by atoms with Crippen molar-refractivity contribution in [2.24, 2.45) is 0 Å². The van der Waals surface area contributed by atoms with Gasteiger partial charge in [0, 0.05) is 25.5 Å². The lowest BCUT2D eigenvalue weighted by Gasteiger charge is -1.97. The Balaban J connectivity index is 2.16. The molecule has 0 radical (unpaired) electrons. The normalized spacial score (nSPS) is 10.6. The van der Waals surface area contributed by atoms with Crippen molar-refractivity contribution in [1.29, 1.82) is 0 Å². The molecule has 0 saturated heterocycles. The standard InChI is InChI=1S/C13H16NOS/c1-11-13(7-8-15)16-10-14(11)9-12-5-3-2-4-6-12/h2-6,10,15H,7-9H2,1H3/q+1. The molecule has 0 bridgehead atoms. The second-order valence-electron chi connectivity index (χ2n) is 3.82. The molecule has 0 aliphatic rings. The molecule has 0 atom stereocenters. The van der Waals surface area contributed by atoms with Gasteiger partial charge in [0.15, 0.2) is 12.2 Å². The summed E-state index contributed by atoms with van der Waals surface area (Å²) in [7, 11) is 0. The molecule has 1 aromatic carbocycles. The lowest BCUT2D eigenvalue weighted by atomic mass is 10.2. The van der Waals surface area contributed by atoms with Crippen molar-refractivity contribution in [2.45, 2.75) is 19.9 Å². The molecule has 0 amide bonds. The Labute approximate surface area is 99.8 Å². The SMILES string of the molecule is Cc1c(CCO)sc[n+]1Cc1ccccc1. The van der Waals surface area contributed by atoms with E-state index in [2.05, 4.69) is 41.3 Å². The Hall–Kier alpha value is -1.19. The van der Waals surface area contributed by atoms with E-state index in [4.69, 9.17) is 5.11 Å². The lowest BCUT2D eigenvalue weighted by molar-refractivity contribution is -0.689. The van der Waals surface area contributed by atoms with Gasteiger partial charge in [-0.15, -0.1) is 0 Å². The fraction of sp³-hybridized carbons (Fsp3) is 0.308. The minimum absolute atomic E-state index is 0.229. The zero-order valence-electron chi connectivity index (χ0n) is 9.39. The highest BCUT2D eigenvalue weighted by Gasteiger charge is 2.14. The molecule has 1 heterocycles. The topological polar surface area (TPSA) is 24.1 Å². The van der Waals surface area contributed by atoms with Crippen molar-refractivity contribution < 1.29 is 9.67 Å². The van der Waals surface area contributed by atoms with Gasteiger partial charge in [0.1, 0.15) is 0 Å². The first-order valence-electron chi connectivity index (χ1n) is 5.42. The van der Waals surface area contributed by atoms with Crippen LogP contribution in [-0.2, 0) is 13.0 Å². The van der Waals surface area contributed by atoms with Crippen molar-refractivity contribution >= 4 is 11.3 Å². The first kappa shape index (κ1) is 11.3. The second-order valence-corrected chi connectivity index (χ2v) is 4.76. The molecule has 0 fully saturated rings. The predicted molar refractivity (Wildman–Crippen MR) is 65.6 cm³/mol. The Bertz CT molecular complexity index is 450. The van der Waals surface area contributed by atoms with Crippen LogP contribution in [0.2, 0.25) is 0 Å². The van der Waals surface area contributed by atoms with Gasteiger partial charge in [-0.2, -0.15) is 4.57 Å². The summed E-state index contributed by atoms with van der Waals surface area (Å²) < 4.78 is 2.24. The van der Waals surface area contributed by atoms with Gasteiger partial charge in [-0.1, -0.05) is 41.7 Å². The molecule has 0 aliphatic heterocycles. The molecule has 2 nitrogen and oxygen atoms in total. The molecule has 2 aromatic rings. The van der Waals surface area contributed by atoms with Crippen molar-refractivity contribution in [1.82, 2.24) is 0 Å². The maximum atomic E-state index is 8.94. The molecular formula is C13H16NOS+. The van der Waals surface area contributed by atoms with E-state index >= 15 is 0 Å². The van der Waals surface area contributed by atoms with Gasteiger partial charge in [-0.25, -0.2) is 0 Å². The third-order valence-electron chi connectivity index (χ3n) is 2.69. The van der Waals surface area contributed by atoms with Crippen LogP contribution in [-0.4, -0.2) is 11.7 Å². The summed E-state index contributed by atoms with van der Waals surface area (Å²) in [6.45, 7) is 3.26. The Morgan fingerprint density at radius 3 is 2.69 bits per heavy atom. The molecule has 1 N–H and O–H groups in total. The predicted octanol–water partition coefficient (Wildman–Crippen LogP) is 1.93. The molecule has 0 saturated carbocycles. The van der Waals surface area contributed by atoms with Gasteiger partial charge in [-0.05, 0) is 0 Å². The van der Waals surface area contributed by atoms with Crippen LogP contribution in [0.3, 0.4) is 0 Å².